The molecule has 1 aliphatic rings. The van der Waals surface area contributed by atoms with Crippen molar-refractivity contribution >= 4 is 28.8 Å². The average molecular weight is 390 g/mol. The maximum atomic E-state index is 5.48. The zero-order chi connectivity index (χ0) is 20.1. The van der Waals surface area contributed by atoms with Crippen LogP contribution in [0.15, 0.2) is 60.8 Å². The number of hydrogen-bond donors (Lipinski definition) is 2. The normalized spacial score (nSPS) is 14.1. The smallest absolute Gasteiger partial charge is 0.229 e. The summed E-state index contributed by atoms with van der Waals surface area (Å²) in [6.07, 6.45) is 1.77. The van der Waals surface area contributed by atoms with Crippen molar-refractivity contribution in [1.82, 2.24) is 9.97 Å². The van der Waals surface area contributed by atoms with Gasteiger partial charge in [-0.05, 0) is 35.7 Å². The molecule has 0 saturated carbocycles. The van der Waals surface area contributed by atoms with E-state index in [0.717, 1.165) is 49.2 Å². The lowest BCUT2D eigenvalue weighted by molar-refractivity contribution is 0.123. The third-order valence-electron chi connectivity index (χ3n) is 5.00. The number of nitrogens with zero attached hydrogens (tertiary/aromatic N) is 3. The third kappa shape index (κ3) is 4.66. The number of para-hydroxylation sites is 3. The highest BCUT2D eigenvalue weighted by Gasteiger charge is 2.15. The van der Waals surface area contributed by atoms with Crippen molar-refractivity contribution in [3.05, 3.63) is 66.4 Å². The van der Waals surface area contributed by atoms with E-state index in [0.29, 0.717) is 11.9 Å². The van der Waals surface area contributed by atoms with Crippen LogP contribution in [0.3, 0.4) is 0 Å². The summed E-state index contributed by atoms with van der Waals surface area (Å²) in [6.45, 7) is 7.64. The van der Waals surface area contributed by atoms with E-state index >= 15 is 0 Å². The summed E-state index contributed by atoms with van der Waals surface area (Å²) in [5, 5.41) is 6.83. The van der Waals surface area contributed by atoms with Gasteiger partial charge in [0.1, 0.15) is 5.82 Å². The highest BCUT2D eigenvalue weighted by atomic mass is 16.5. The number of aromatic nitrogens is 2. The number of benzene rings is 2. The molecule has 0 radical (unpaired) electrons. The van der Waals surface area contributed by atoms with E-state index in [1.807, 2.05) is 18.2 Å². The molecule has 2 heterocycles. The molecule has 4 rings (SSSR count). The highest BCUT2D eigenvalue weighted by molar-refractivity contribution is 5.74. The Balaban J connectivity index is 1.55. The van der Waals surface area contributed by atoms with Crippen molar-refractivity contribution in [2.75, 3.05) is 41.8 Å². The van der Waals surface area contributed by atoms with Gasteiger partial charge in [-0.1, -0.05) is 44.2 Å². The molecule has 29 heavy (non-hydrogen) atoms. The molecular formula is C23H27N5O. The van der Waals surface area contributed by atoms with Crippen LogP contribution in [0.1, 0.15) is 25.3 Å². The van der Waals surface area contributed by atoms with Crippen LogP contribution in [-0.4, -0.2) is 36.3 Å². The van der Waals surface area contributed by atoms with Gasteiger partial charge >= 0.3 is 0 Å². The summed E-state index contributed by atoms with van der Waals surface area (Å²) >= 11 is 0. The molecule has 0 unspecified atom stereocenters. The highest BCUT2D eigenvalue weighted by Crippen LogP contribution is 2.29. The van der Waals surface area contributed by atoms with Gasteiger partial charge in [-0.3, -0.25) is 0 Å². The van der Waals surface area contributed by atoms with Crippen molar-refractivity contribution < 1.29 is 4.74 Å². The molecule has 3 aromatic rings. The summed E-state index contributed by atoms with van der Waals surface area (Å²) in [5.41, 5.74) is 4.47. The molecule has 0 amide bonds. The zero-order valence-electron chi connectivity index (χ0n) is 16.9. The standard InChI is InChI=1S/C23H27N5O/c1-17(2)18-7-3-4-8-19(18)25-22-11-12-24-23(27-22)26-20-9-5-6-10-21(20)28-13-15-29-16-14-28/h3-12,17H,13-16H2,1-2H3,(H2,24,25,26,27). The molecule has 2 N–H and O–H groups in total. The number of rotatable bonds is 6. The Morgan fingerprint density at radius 2 is 1.62 bits per heavy atom. The topological polar surface area (TPSA) is 62.3 Å². The minimum absolute atomic E-state index is 0.429. The van der Waals surface area contributed by atoms with E-state index < -0.39 is 0 Å². The molecule has 6 nitrogen and oxygen atoms in total. The van der Waals surface area contributed by atoms with Gasteiger partial charge in [0.15, 0.2) is 0 Å². The molecular weight excluding hydrogens is 362 g/mol. The largest absolute Gasteiger partial charge is 0.378 e. The summed E-state index contributed by atoms with van der Waals surface area (Å²) in [4.78, 5) is 11.4. The van der Waals surface area contributed by atoms with Gasteiger partial charge in [-0.25, -0.2) is 4.98 Å². The van der Waals surface area contributed by atoms with Crippen molar-refractivity contribution in [1.29, 1.82) is 0 Å². The van der Waals surface area contributed by atoms with E-state index in [4.69, 9.17) is 4.74 Å². The molecule has 0 bridgehead atoms. The van der Waals surface area contributed by atoms with Gasteiger partial charge in [0.2, 0.25) is 5.95 Å². The fourth-order valence-corrected chi connectivity index (χ4v) is 3.52. The first-order valence-electron chi connectivity index (χ1n) is 10.1. The second kappa shape index (κ2) is 8.92. The van der Waals surface area contributed by atoms with Gasteiger partial charge in [-0.2, -0.15) is 4.98 Å². The minimum atomic E-state index is 0.429. The number of morpholine rings is 1. The molecule has 0 aliphatic carbocycles. The van der Waals surface area contributed by atoms with Crippen molar-refractivity contribution in [2.24, 2.45) is 0 Å². The van der Waals surface area contributed by atoms with Crippen LogP contribution in [-0.2, 0) is 4.74 Å². The Hall–Kier alpha value is -3.12. The van der Waals surface area contributed by atoms with Crippen LogP contribution in [0.2, 0.25) is 0 Å². The number of anilines is 5. The number of ether oxygens (including phenoxy) is 1. The summed E-state index contributed by atoms with van der Waals surface area (Å²) in [6, 6.07) is 18.5. The van der Waals surface area contributed by atoms with Crippen LogP contribution in [0.25, 0.3) is 0 Å². The van der Waals surface area contributed by atoms with E-state index in [1.54, 1.807) is 6.20 Å². The Kier molecular flexibility index (Phi) is 5.91. The van der Waals surface area contributed by atoms with Crippen LogP contribution in [0.5, 0.6) is 0 Å². The van der Waals surface area contributed by atoms with Crippen molar-refractivity contribution in [2.45, 2.75) is 19.8 Å². The predicted molar refractivity (Wildman–Crippen MR) is 119 cm³/mol. The third-order valence-corrected chi connectivity index (χ3v) is 5.00. The minimum Gasteiger partial charge on any atom is -0.378 e. The fourth-order valence-electron chi connectivity index (χ4n) is 3.52. The Morgan fingerprint density at radius 3 is 2.41 bits per heavy atom. The first kappa shape index (κ1) is 19.2. The van der Waals surface area contributed by atoms with Crippen LogP contribution < -0.4 is 15.5 Å². The van der Waals surface area contributed by atoms with Crippen LogP contribution in [0.4, 0.5) is 28.8 Å². The molecule has 6 heteroatoms. The summed E-state index contributed by atoms with van der Waals surface area (Å²) in [7, 11) is 0. The average Bonchev–Trinajstić information content (AvgIpc) is 2.75. The molecule has 1 saturated heterocycles. The van der Waals surface area contributed by atoms with Gasteiger partial charge in [-0.15, -0.1) is 0 Å². The molecule has 1 fully saturated rings. The van der Waals surface area contributed by atoms with Gasteiger partial charge in [0.25, 0.3) is 0 Å². The Labute approximate surface area is 172 Å². The maximum Gasteiger partial charge on any atom is 0.229 e. The van der Waals surface area contributed by atoms with E-state index in [9.17, 15) is 0 Å². The van der Waals surface area contributed by atoms with E-state index in [1.165, 1.54) is 5.56 Å². The second-order valence-corrected chi connectivity index (χ2v) is 7.37. The lowest BCUT2D eigenvalue weighted by Crippen LogP contribution is -2.36. The van der Waals surface area contributed by atoms with E-state index in [2.05, 4.69) is 75.7 Å². The quantitative estimate of drug-likeness (QED) is 0.624. The second-order valence-electron chi connectivity index (χ2n) is 7.37. The monoisotopic (exact) mass is 389 g/mol. The molecule has 150 valence electrons. The fraction of sp³-hybridized carbons (Fsp3) is 0.304. The number of hydrogen-bond acceptors (Lipinski definition) is 6. The molecule has 2 aromatic carbocycles. The lowest BCUT2D eigenvalue weighted by Gasteiger charge is -2.30. The zero-order valence-corrected chi connectivity index (χ0v) is 16.9. The van der Waals surface area contributed by atoms with Crippen molar-refractivity contribution in [3.63, 3.8) is 0 Å². The van der Waals surface area contributed by atoms with Gasteiger partial charge < -0.3 is 20.3 Å². The molecule has 0 atom stereocenters. The molecule has 0 spiro atoms. The summed E-state index contributed by atoms with van der Waals surface area (Å²) in [5.74, 6) is 1.76. The lowest BCUT2D eigenvalue weighted by atomic mass is 10.0. The summed E-state index contributed by atoms with van der Waals surface area (Å²) < 4.78 is 5.48. The van der Waals surface area contributed by atoms with Gasteiger partial charge in [0, 0.05) is 25.0 Å². The van der Waals surface area contributed by atoms with Crippen LogP contribution in [0, 0.1) is 0 Å². The Bertz CT molecular complexity index is 953. The predicted octanol–water partition coefficient (Wildman–Crippen LogP) is 4.92. The SMILES string of the molecule is CC(C)c1ccccc1Nc1ccnc(Nc2ccccc2N2CCOCC2)n1. The van der Waals surface area contributed by atoms with E-state index in [-0.39, 0.29) is 0 Å². The maximum absolute atomic E-state index is 5.48. The first-order valence-corrected chi connectivity index (χ1v) is 10.1. The Morgan fingerprint density at radius 1 is 0.897 bits per heavy atom. The van der Waals surface area contributed by atoms with Crippen LogP contribution >= 0.6 is 0 Å². The molecule has 1 aromatic heterocycles. The van der Waals surface area contributed by atoms with Gasteiger partial charge in [0.05, 0.1) is 24.6 Å². The number of nitrogens with one attached hydrogen (secondary N) is 2. The first-order chi connectivity index (χ1) is 14.2. The van der Waals surface area contributed by atoms with Crippen molar-refractivity contribution in [3.8, 4) is 0 Å². The molecule has 1 aliphatic heterocycles.